The predicted molar refractivity (Wildman–Crippen MR) is 91.9 cm³/mol. The standard InChI is InChI=1S/C19H15N3O2/c23-19(17-9-3-6-14-5-1-2-8-16(14)17)21-18-10-11-20-22(18)13-15-7-4-12-24-15/h1-12H,13H2,(H,21,23). The van der Waals surface area contributed by atoms with Gasteiger partial charge in [0.15, 0.2) is 0 Å². The van der Waals surface area contributed by atoms with E-state index in [0.29, 0.717) is 17.9 Å². The smallest absolute Gasteiger partial charge is 0.257 e. The number of rotatable bonds is 4. The van der Waals surface area contributed by atoms with E-state index < -0.39 is 0 Å². The van der Waals surface area contributed by atoms with Gasteiger partial charge in [-0.05, 0) is 29.0 Å². The molecule has 0 aliphatic heterocycles. The molecule has 0 spiro atoms. The number of nitrogens with one attached hydrogen (secondary N) is 1. The third kappa shape index (κ3) is 2.67. The zero-order valence-electron chi connectivity index (χ0n) is 12.8. The lowest BCUT2D eigenvalue weighted by atomic mass is 10.0. The number of carbonyl (C=O) groups is 1. The number of hydrogen-bond donors (Lipinski definition) is 1. The minimum atomic E-state index is -0.159. The molecule has 1 N–H and O–H groups in total. The number of nitrogens with zero attached hydrogens (tertiary/aromatic N) is 2. The van der Waals surface area contributed by atoms with Crippen LogP contribution >= 0.6 is 0 Å². The van der Waals surface area contributed by atoms with Gasteiger partial charge in [-0.1, -0.05) is 36.4 Å². The largest absolute Gasteiger partial charge is 0.467 e. The summed E-state index contributed by atoms with van der Waals surface area (Å²) in [6, 6.07) is 19.0. The molecule has 0 fully saturated rings. The first-order chi connectivity index (χ1) is 11.8. The summed E-state index contributed by atoms with van der Waals surface area (Å²) < 4.78 is 7.03. The fourth-order valence-electron chi connectivity index (χ4n) is 2.72. The Labute approximate surface area is 138 Å². The van der Waals surface area contributed by atoms with E-state index in [9.17, 15) is 4.79 Å². The van der Waals surface area contributed by atoms with Crippen LogP contribution in [0.2, 0.25) is 0 Å². The fourth-order valence-corrected chi connectivity index (χ4v) is 2.72. The van der Waals surface area contributed by atoms with Gasteiger partial charge in [-0.15, -0.1) is 0 Å². The van der Waals surface area contributed by atoms with Crippen molar-refractivity contribution in [1.29, 1.82) is 0 Å². The van der Waals surface area contributed by atoms with Crippen LogP contribution in [0.5, 0.6) is 0 Å². The summed E-state index contributed by atoms with van der Waals surface area (Å²) in [6.07, 6.45) is 3.27. The Kier molecular flexibility index (Phi) is 3.59. The molecule has 5 heteroatoms. The third-order valence-corrected chi connectivity index (χ3v) is 3.88. The molecule has 0 aliphatic carbocycles. The zero-order chi connectivity index (χ0) is 16.4. The SMILES string of the molecule is O=C(Nc1ccnn1Cc1ccco1)c1cccc2ccccc12. The number of hydrogen-bond acceptors (Lipinski definition) is 3. The van der Waals surface area contributed by atoms with Gasteiger partial charge in [0.25, 0.3) is 5.91 Å². The molecule has 0 aliphatic rings. The summed E-state index contributed by atoms with van der Waals surface area (Å²) in [5.41, 5.74) is 0.638. The Balaban J connectivity index is 1.61. The quantitative estimate of drug-likeness (QED) is 0.620. The molecule has 5 nitrogen and oxygen atoms in total. The van der Waals surface area contributed by atoms with Gasteiger partial charge in [0, 0.05) is 11.6 Å². The van der Waals surface area contributed by atoms with E-state index in [1.54, 1.807) is 23.2 Å². The van der Waals surface area contributed by atoms with Crippen LogP contribution in [0.1, 0.15) is 16.1 Å². The lowest BCUT2D eigenvalue weighted by molar-refractivity contribution is 0.102. The Morgan fingerprint density at radius 1 is 1.04 bits per heavy atom. The van der Waals surface area contributed by atoms with Crippen molar-refractivity contribution in [2.24, 2.45) is 0 Å². The molecule has 0 radical (unpaired) electrons. The summed E-state index contributed by atoms with van der Waals surface area (Å²) in [7, 11) is 0. The third-order valence-electron chi connectivity index (χ3n) is 3.88. The predicted octanol–water partition coefficient (Wildman–Crippen LogP) is 3.93. The van der Waals surface area contributed by atoms with Crippen LogP contribution < -0.4 is 5.32 Å². The molecule has 0 unspecified atom stereocenters. The van der Waals surface area contributed by atoms with E-state index in [1.807, 2.05) is 54.6 Å². The van der Waals surface area contributed by atoms with Gasteiger partial charge >= 0.3 is 0 Å². The summed E-state index contributed by atoms with van der Waals surface area (Å²) in [4.78, 5) is 12.7. The summed E-state index contributed by atoms with van der Waals surface area (Å²) in [6.45, 7) is 0.463. The summed E-state index contributed by atoms with van der Waals surface area (Å²) in [5.74, 6) is 1.25. The normalized spacial score (nSPS) is 10.8. The maximum atomic E-state index is 12.7. The fraction of sp³-hybridized carbons (Fsp3) is 0.0526. The van der Waals surface area contributed by atoms with E-state index in [0.717, 1.165) is 16.5 Å². The molecular weight excluding hydrogens is 302 g/mol. The monoisotopic (exact) mass is 317 g/mol. The molecule has 118 valence electrons. The number of carbonyl (C=O) groups excluding carboxylic acids is 1. The van der Waals surface area contributed by atoms with Crippen LogP contribution in [0, 0.1) is 0 Å². The van der Waals surface area contributed by atoms with Crippen molar-refractivity contribution in [3.8, 4) is 0 Å². The van der Waals surface area contributed by atoms with E-state index in [-0.39, 0.29) is 5.91 Å². The van der Waals surface area contributed by atoms with E-state index in [2.05, 4.69) is 10.4 Å². The second-order valence-corrected chi connectivity index (χ2v) is 5.43. The average molecular weight is 317 g/mol. The van der Waals surface area contributed by atoms with Gasteiger partial charge in [0.2, 0.25) is 0 Å². The van der Waals surface area contributed by atoms with Crippen molar-refractivity contribution in [1.82, 2.24) is 9.78 Å². The number of furan rings is 1. The van der Waals surface area contributed by atoms with Crippen molar-refractivity contribution < 1.29 is 9.21 Å². The molecule has 2 aromatic heterocycles. The first-order valence-corrected chi connectivity index (χ1v) is 7.64. The maximum Gasteiger partial charge on any atom is 0.257 e. The van der Waals surface area contributed by atoms with Crippen LogP contribution in [-0.4, -0.2) is 15.7 Å². The Hall–Kier alpha value is -3.34. The molecule has 24 heavy (non-hydrogen) atoms. The van der Waals surface area contributed by atoms with Crippen LogP contribution in [0.3, 0.4) is 0 Å². The number of amides is 1. The molecule has 2 heterocycles. The number of benzene rings is 2. The van der Waals surface area contributed by atoms with Crippen LogP contribution in [0.4, 0.5) is 5.82 Å². The highest BCUT2D eigenvalue weighted by molar-refractivity contribution is 6.12. The van der Waals surface area contributed by atoms with Crippen molar-refractivity contribution >= 4 is 22.5 Å². The van der Waals surface area contributed by atoms with E-state index in [1.165, 1.54) is 0 Å². The van der Waals surface area contributed by atoms with Crippen molar-refractivity contribution in [3.05, 3.63) is 84.4 Å². The molecular formula is C19H15N3O2. The summed E-state index contributed by atoms with van der Waals surface area (Å²) in [5, 5.41) is 9.14. The van der Waals surface area contributed by atoms with Gasteiger partial charge in [-0.3, -0.25) is 4.79 Å². The summed E-state index contributed by atoms with van der Waals surface area (Å²) >= 11 is 0. The van der Waals surface area contributed by atoms with Gasteiger partial charge in [-0.25, -0.2) is 4.68 Å². The Bertz CT molecular complexity index is 981. The Morgan fingerprint density at radius 3 is 2.79 bits per heavy atom. The lowest BCUT2D eigenvalue weighted by Crippen LogP contribution is -2.16. The molecule has 0 saturated heterocycles. The minimum Gasteiger partial charge on any atom is -0.467 e. The van der Waals surface area contributed by atoms with Gasteiger partial charge in [-0.2, -0.15) is 5.10 Å². The maximum absolute atomic E-state index is 12.7. The van der Waals surface area contributed by atoms with Crippen LogP contribution in [0.25, 0.3) is 10.8 Å². The van der Waals surface area contributed by atoms with Gasteiger partial charge in [0.1, 0.15) is 18.1 Å². The lowest BCUT2D eigenvalue weighted by Gasteiger charge is -2.09. The first kappa shape index (κ1) is 14.3. The molecule has 4 rings (SSSR count). The van der Waals surface area contributed by atoms with Crippen molar-refractivity contribution in [2.45, 2.75) is 6.54 Å². The molecule has 0 bridgehead atoms. The molecule has 1 amide bonds. The van der Waals surface area contributed by atoms with Crippen LogP contribution in [0.15, 0.2) is 77.5 Å². The van der Waals surface area contributed by atoms with Crippen molar-refractivity contribution in [2.75, 3.05) is 5.32 Å². The average Bonchev–Trinajstić information content (AvgIpc) is 3.27. The number of anilines is 1. The highest BCUT2D eigenvalue weighted by Crippen LogP contribution is 2.20. The minimum absolute atomic E-state index is 0.159. The highest BCUT2D eigenvalue weighted by atomic mass is 16.3. The number of aromatic nitrogens is 2. The first-order valence-electron chi connectivity index (χ1n) is 7.64. The number of fused-ring (bicyclic) bond motifs is 1. The second kappa shape index (κ2) is 6.04. The molecule has 4 aromatic rings. The highest BCUT2D eigenvalue weighted by Gasteiger charge is 2.13. The van der Waals surface area contributed by atoms with Gasteiger partial charge < -0.3 is 9.73 Å². The zero-order valence-corrected chi connectivity index (χ0v) is 12.8. The second-order valence-electron chi connectivity index (χ2n) is 5.43. The van der Waals surface area contributed by atoms with E-state index >= 15 is 0 Å². The topological polar surface area (TPSA) is 60.1 Å². The molecule has 2 aromatic carbocycles. The Morgan fingerprint density at radius 2 is 1.92 bits per heavy atom. The van der Waals surface area contributed by atoms with Crippen molar-refractivity contribution in [3.63, 3.8) is 0 Å². The molecule has 0 saturated carbocycles. The van der Waals surface area contributed by atoms with Crippen LogP contribution in [-0.2, 0) is 6.54 Å². The molecule has 0 atom stereocenters. The van der Waals surface area contributed by atoms with E-state index in [4.69, 9.17) is 4.42 Å². The van der Waals surface area contributed by atoms with Gasteiger partial charge in [0.05, 0.1) is 12.5 Å².